The second-order valence-electron chi connectivity index (χ2n) is 4.39. The maximum atomic E-state index is 5.19. The Bertz CT molecular complexity index is 631. The average molecular weight is 274 g/mol. The van der Waals surface area contributed by atoms with Crippen LogP contribution in [0.2, 0.25) is 0 Å². The van der Waals surface area contributed by atoms with Crippen LogP contribution in [0.25, 0.3) is 11.7 Å². The minimum Gasteiger partial charge on any atom is -0.459 e. The van der Waals surface area contributed by atoms with Crippen molar-refractivity contribution in [1.29, 1.82) is 0 Å². The molecule has 3 rings (SSSR count). The first kappa shape index (κ1) is 12.5. The number of aromatic nitrogens is 5. The lowest BCUT2D eigenvalue weighted by atomic mass is 10.3. The van der Waals surface area contributed by atoms with Crippen molar-refractivity contribution in [1.82, 2.24) is 30.2 Å². The normalized spacial score (nSPS) is 12.7. The quantitative estimate of drug-likeness (QED) is 0.719. The summed E-state index contributed by atoms with van der Waals surface area (Å²) in [4.78, 5) is 8.15. The standard InChI is InChI=1S/C12H14N6O2/c1-9(6-18-8-13-7-15-18)14-5-11-16-12(20-17-11)10-3-2-4-19-10/h2-4,7-9,14H,5-6H2,1H3/t9-/m0/s1. The van der Waals surface area contributed by atoms with Crippen molar-refractivity contribution in [3.63, 3.8) is 0 Å². The zero-order valence-electron chi connectivity index (χ0n) is 10.9. The molecule has 3 aromatic rings. The summed E-state index contributed by atoms with van der Waals surface area (Å²) in [6.45, 7) is 3.29. The van der Waals surface area contributed by atoms with Crippen molar-refractivity contribution in [3.8, 4) is 11.7 Å². The predicted molar refractivity (Wildman–Crippen MR) is 68.3 cm³/mol. The van der Waals surface area contributed by atoms with Gasteiger partial charge in [0.15, 0.2) is 11.6 Å². The van der Waals surface area contributed by atoms with E-state index in [0.717, 1.165) is 6.54 Å². The molecule has 0 aliphatic carbocycles. The van der Waals surface area contributed by atoms with Crippen molar-refractivity contribution in [2.75, 3.05) is 0 Å². The maximum Gasteiger partial charge on any atom is 0.293 e. The van der Waals surface area contributed by atoms with Gasteiger partial charge in [-0.25, -0.2) is 4.98 Å². The summed E-state index contributed by atoms with van der Waals surface area (Å²) in [7, 11) is 0. The molecule has 0 aliphatic rings. The fourth-order valence-electron chi connectivity index (χ4n) is 1.76. The van der Waals surface area contributed by atoms with Gasteiger partial charge in [-0.15, -0.1) is 0 Å². The molecule has 3 heterocycles. The van der Waals surface area contributed by atoms with Crippen molar-refractivity contribution in [3.05, 3.63) is 36.9 Å². The minimum absolute atomic E-state index is 0.210. The Hall–Kier alpha value is -2.48. The molecule has 0 bridgehead atoms. The van der Waals surface area contributed by atoms with Gasteiger partial charge in [-0.05, 0) is 19.1 Å². The van der Waals surface area contributed by atoms with Gasteiger partial charge in [-0.2, -0.15) is 10.1 Å². The number of nitrogens with one attached hydrogen (secondary N) is 1. The van der Waals surface area contributed by atoms with E-state index in [4.69, 9.17) is 8.94 Å². The highest BCUT2D eigenvalue weighted by Crippen LogP contribution is 2.16. The van der Waals surface area contributed by atoms with Crippen LogP contribution >= 0.6 is 0 Å². The van der Waals surface area contributed by atoms with E-state index in [0.29, 0.717) is 24.0 Å². The molecule has 104 valence electrons. The van der Waals surface area contributed by atoms with Gasteiger partial charge in [-0.3, -0.25) is 4.68 Å². The number of rotatable bonds is 6. The van der Waals surface area contributed by atoms with Crippen LogP contribution in [0.15, 0.2) is 40.0 Å². The Labute approximate surface area is 114 Å². The van der Waals surface area contributed by atoms with Gasteiger partial charge >= 0.3 is 0 Å². The summed E-state index contributed by atoms with van der Waals surface area (Å²) in [5, 5.41) is 11.2. The van der Waals surface area contributed by atoms with Gasteiger partial charge < -0.3 is 14.3 Å². The third kappa shape index (κ3) is 2.91. The Balaban J connectivity index is 1.53. The van der Waals surface area contributed by atoms with Gasteiger partial charge in [0.1, 0.15) is 12.7 Å². The topological polar surface area (TPSA) is 94.8 Å². The molecule has 0 unspecified atom stereocenters. The number of nitrogens with zero attached hydrogens (tertiary/aromatic N) is 5. The van der Waals surface area contributed by atoms with Crippen LogP contribution in [0, 0.1) is 0 Å². The number of hydrogen-bond donors (Lipinski definition) is 1. The Kier molecular flexibility index (Phi) is 3.55. The Morgan fingerprint density at radius 3 is 3.15 bits per heavy atom. The third-order valence-electron chi connectivity index (χ3n) is 2.74. The zero-order chi connectivity index (χ0) is 13.8. The lowest BCUT2D eigenvalue weighted by Gasteiger charge is -2.11. The Morgan fingerprint density at radius 1 is 1.45 bits per heavy atom. The Morgan fingerprint density at radius 2 is 2.40 bits per heavy atom. The SMILES string of the molecule is C[C@@H](Cn1cncn1)NCc1noc(-c2ccco2)n1. The van der Waals surface area contributed by atoms with E-state index in [2.05, 4.69) is 32.5 Å². The molecule has 0 aliphatic heterocycles. The first-order valence-corrected chi connectivity index (χ1v) is 6.23. The largest absolute Gasteiger partial charge is 0.459 e. The highest BCUT2D eigenvalue weighted by molar-refractivity contribution is 5.42. The second kappa shape index (κ2) is 5.66. The molecule has 8 nitrogen and oxygen atoms in total. The summed E-state index contributed by atoms with van der Waals surface area (Å²) >= 11 is 0. The van der Waals surface area contributed by atoms with Crippen LogP contribution in [0.5, 0.6) is 0 Å². The van der Waals surface area contributed by atoms with Crippen LogP contribution in [0.3, 0.4) is 0 Å². The van der Waals surface area contributed by atoms with Gasteiger partial charge in [0, 0.05) is 6.04 Å². The maximum absolute atomic E-state index is 5.19. The average Bonchev–Trinajstić information content (AvgIpc) is 3.18. The van der Waals surface area contributed by atoms with Crippen molar-refractivity contribution in [2.24, 2.45) is 0 Å². The fraction of sp³-hybridized carbons (Fsp3) is 0.333. The van der Waals surface area contributed by atoms with Crippen LogP contribution in [0.4, 0.5) is 0 Å². The molecule has 0 saturated carbocycles. The molecule has 8 heteroatoms. The van der Waals surface area contributed by atoms with Crippen LogP contribution in [0.1, 0.15) is 12.7 Å². The number of hydrogen-bond acceptors (Lipinski definition) is 7. The second-order valence-corrected chi connectivity index (χ2v) is 4.39. The lowest BCUT2D eigenvalue weighted by molar-refractivity contribution is 0.398. The van der Waals surface area contributed by atoms with Crippen molar-refractivity contribution >= 4 is 0 Å². The van der Waals surface area contributed by atoms with Gasteiger partial charge in [0.25, 0.3) is 5.89 Å². The zero-order valence-corrected chi connectivity index (χ0v) is 10.9. The highest BCUT2D eigenvalue weighted by atomic mass is 16.5. The molecule has 1 N–H and O–H groups in total. The molecular formula is C12H14N6O2. The van der Waals surface area contributed by atoms with Crippen molar-refractivity contribution < 1.29 is 8.94 Å². The predicted octanol–water partition coefficient (Wildman–Crippen LogP) is 1.10. The smallest absolute Gasteiger partial charge is 0.293 e. The first-order chi connectivity index (χ1) is 9.81. The van der Waals surface area contributed by atoms with E-state index in [1.165, 1.54) is 6.33 Å². The molecule has 0 amide bonds. The molecule has 0 saturated heterocycles. The van der Waals surface area contributed by atoms with Gasteiger partial charge in [-0.1, -0.05) is 5.16 Å². The van der Waals surface area contributed by atoms with Gasteiger partial charge in [0.2, 0.25) is 0 Å². The monoisotopic (exact) mass is 274 g/mol. The minimum atomic E-state index is 0.210. The molecule has 0 spiro atoms. The van der Waals surface area contributed by atoms with Crippen LogP contribution < -0.4 is 5.32 Å². The third-order valence-corrected chi connectivity index (χ3v) is 2.74. The molecule has 0 radical (unpaired) electrons. The molecule has 3 aromatic heterocycles. The summed E-state index contributed by atoms with van der Waals surface area (Å²) in [6.07, 6.45) is 4.76. The summed E-state index contributed by atoms with van der Waals surface area (Å²) in [5.74, 6) is 1.54. The van der Waals surface area contributed by atoms with E-state index in [1.54, 1.807) is 29.4 Å². The number of furan rings is 1. The van der Waals surface area contributed by atoms with E-state index in [1.807, 2.05) is 0 Å². The molecule has 20 heavy (non-hydrogen) atoms. The summed E-state index contributed by atoms with van der Waals surface area (Å²) in [5.41, 5.74) is 0. The fourth-order valence-corrected chi connectivity index (χ4v) is 1.76. The van der Waals surface area contributed by atoms with Crippen LogP contribution in [-0.4, -0.2) is 30.9 Å². The van der Waals surface area contributed by atoms with E-state index in [9.17, 15) is 0 Å². The van der Waals surface area contributed by atoms with Crippen LogP contribution in [-0.2, 0) is 13.1 Å². The summed E-state index contributed by atoms with van der Waals surface area (Å²) < 4.78 is 12.1. The van der Waals surface area contributed by atoms with Gasteiger partial charge in [0.05, 0.1) is 19.4 Å². The molecular weight excluding hydrogens is 260 g/mol. The van der Waals surface area contributed by atoms with E-state index < -0.39 is 0 Å². The molecule has 0 fully saturated rings. The highest BCUT2D eigenvalue weighted by Gasteiger charge is 2.11. The van der Waals surface area contributed by atoms with E-state index in [-0.39, 0.29) is 6.04 Å². The van der Waals surface area contributed by atoms with Crippen molar-refractivity contribution in [2.45, 2.75) is 26.1 Å². The summed E-state index contributed by atoms with van der Waals surface area (Å²) in [6, 6.07) is 3.76. The van der Waals surface area contributed by atoms with E-state index >= 15 is 0 Å². The molecule has 0 aromatic carbocycles. The first-order valence-electron chi connectivity index (χ1n) is 6.23. The molecule has 1 atom stereocenters. The lowest BCUT2D eigenvalue weighted by Crippen LogP contribution is -2.30.